The Hall–Kier alpha value is -2.07. The van der Waals surface area contributed by atoms with E-state index in [4.69, 9.17) is 23.3 Å². The summed E-state index contributed by atoms with van der Waals surface area (Å²) >= 11 is 0. The Kier molecular flexibility index (Phi) is 28.8. The number of esters is 2. The van der Waals surface area contributed by atoms with E-state index in [-0.39, 0.29) is 32.0 Å². The predicted molar refractivity (Wildman–Crippen MR) is 214 cm³/mol. The maximum Gasteiger partial charge on any atom is 0.472 e. The Labute approximate surface area is 322 Å². The van der Waals surface area contributed by atoms with Gasteiger partial charge < -0.3 is 23.6 Å². The Bertz CT molecular complexity index is 1110. The molecule has 1 N–H and O–H groups in total. The van der Waals surface area contributed by atoms with E-state index in [0.29, 0.717) is 36.1 Å². The monoisotopic (exact) mass is 769 g/mol. The molecule has 0 aliphatic carbocycles. The van der Waals surface area contributed by atoms with E-state index >= 15 is 0 Å². The molecule has 4 atom stereocenters. The third-order valence-corrected chi connectivity index (χ3v) is 9.76. The van der Waals surface area contributed by atoms with Crippen molar-refractivity contribution < 1.29 is 46.8 Å². The lowest BCUT2D eigenvalue weighted by atomic mass is 10.1. The number of carbonyl (C=O) groups excluding carboxylic acids is 2. The van der Waals surface area contributed by atoms with E-state index in [2.05, 4.69) is 56.4 Å². The van der Waals surface area contributed by atoms with E-state index in [1.807, 2.05) is 27.2 Å². The Morgan fingerprint density at radius 2 is 1.25 bits per heavy atom. The highest BCUT2D eigenvalue weighted by molar-refractivity contribution is 7.47. The van der Waals surface area contributed by atoms with Gasteiger partial charge in [0.25, 0.3) is 0 Å². The molecule has 11 heteroatoms. The minimum Gasteiger partial charge on any atom is -0.462 e. The highest BCUT2D eigenvalue weighted by Gasteiger charge is 2.36. The largest absolute Gasteiger partial charge is 0.472 e. The smallest absolute Gasteiger partial charge is 0.462 e. The number of epoxide rings is 1. The van der Waals surface area contributed by atoms with Gasteiger partial charge in [-0.05, 0) is 51.4 Å². The van der Waals surface area contributed by atoms with Gasteiger partial charge in [0.05, 0.1) is 40.0 Å². The zero-order valence-electron chi connectivity index (χ0n) is 33.9. The van der Waals surface area contributed by atoms with Crippen LogP contribution < -0.4 is 0 Å². The SMILES string of the molecule is CC/C=C\CC1OC1C/C=C\C/C=C\C/C=C\CCCC(=O)OC(COC(=O)CCCCCCCCCCCCC)COP(=O)(O)OCC[N+](C)(C)C. The van der Waals surface area contributed by atoms with Crippen molar-refractivity contribution in [2.45, 2.75) is 161 Å². The fourth-order valence-corrected chi connectivity index (χ4v) is 6.18. The van der Waals surface area contributed by atoms with Gasteiger partial charge in [-0.15, -0.1) is 0 Å². The van der Waals surface area contributed by atoms with Gasteiger partial charge in [-0.2, -0.15) is 0 Å². The number of likely N-dealkylation sites (N-methyl/N-ethyl adjacent to an activating group) is 1. The molecule has 10 nitrogen and oxygen atoms in total. The lowest BCUT2D eigenvalue weighted by Gasteiger charge is -2.24. The molecule has 0 bridgehead atoms. The van der Waals surface area contributed by atoms with Crippen LogP contribution >= 0.6 is 7.82 Å². The van der Waals surface area contributed by atoms with Crippen LogP contribution in [-0.4, -0.2) is 87.1 Å². The van der Waals surface area contributed by atoms with E-state index in [1.54, 1.807) is 0 Å². The van der Waals surface area contributed by atoms with Crippen molar-refractivity contribution in [3.8, 4) is 0 Å². The summed E-state index contributed by atoms with van der Waals surface area (Å²) in [5.74, 6) is -0.875. The standard InChI is InChI=1S/C42H74NO9P/c1-6-8-10-11-12-13-14-18-21-24-28-32-41(44)48-36-38(37-50-53(46,47)49-35-34-43(3,4)5)51-42(45)33-29-25-22-19-16-15-17-20-23-27-31-40-39(52-40)30-26-9-7-2/h9,15,17,19,22-23,26-27,38-40H,6-8,10-14,16,18,20-21,24-25,28-37H2,1-5H3/p+1/b17-15-,22-19-,26-9-,27-23-. The van der Waals surface area contributed by atoms with Gasteiger partial charge >= 0.3 is 19.8 Å². The number of ether oxygens (including phenoxy) is 3. The van der Waals surface area contributed by atoms with Gasteiger partial charge in [0.15, 0.2) is 6.10 Å². The summed E-state index contributed by atoms with van der Waals surface area (Å²) in [5.41, 5.74) is 0. The average molecular weight is 769 g/mol. The molecule has 0 amide bonds. The second-order valence-corrected chi connectivity index (χ2v) is 16.5. The number of phosphoric acid groups is 1. The highest BCUT2D eigenvalue weighted by Crippen LogP contribution is 2.43. The van der Waals surface area contributed by atoms with E-state index in [0.717, 1.165) is 51.4 Å². The van der Waals surface area contributed by atoms with Crippen molar-refractivity contribution in [1.29, 1.82) is 0 Å². The summed E-state index contributed by atoms with van der Waals surface area (Å²) in [4.78, 5) is 35.2. The van der Waals surface area contributed by atoms with Crippen molar-refractivity contribution in [2.24, 2.45) is 0 Å². The molecular formula is C42H75NO9P+. The first-order chi connectivity index (χ1) is 25.5. The number of quaternary nitrogens is 1. The Morgan fingerprint density at radius 1 is 0.698 bits per heavy atom. The van der Waals surface area contributed by atoms with Crippen LogP contribution in [0.15, 0.2) is 48.6 Å². The van der Waals surface area contributed by atoms with E-state index in [9.17, 15) is 19.0 Å². The van der Waals surface area contributed by atoms with Crippen molar-refractivity contribution >= 4 is 19.8 Å². The summed E-state index contributed by atoms with van der Waals surface area (Å²) in [6.07, 6.45) is 36.3. The summed E-state index contributed by atoms with van der Waals surface area (Å²) in [5, 5.41) is 0. The van der Waals surface area contributed by atoms with Gasteiger partial charge in [0.2, 0.25) is 0 Å². The zero-order valence-corrected chi connectivity index (χ0v) is 34.8. The van der Waals surface area contributed by atoms with Crippen LogP contribution in [0.2, 0.25) is 0 Å². The molecule has 1 saturated heterocycles. The first kappa shape index (κ1) is 48.9. The molecule has 1 heterocycles. The van der Waals surface area contributed by atoms with Crippen LogP contribution in [0.4, 0.5) is 0 Å². The van der Waals surface area contributed by atoms with Crippen molar-refractivity contribution in [2.75, 3.05) is 47.5 Å². The average Bonchev–Trinajstić information content (AvgIpc) is 3.86. The second-order valence-electron chi connectivity index (χ2n) is 15.0. The molecule has 1 aliphatic rings. The van der Waals surface area contributed by atoms with Crippen LogP contribution in [0.5, 0.6) is 0 Å². The number of phosphoric ester groups is 1. The van der Waals surface area contributed by atoms with Crippen LogP contribution in [-0.2, 0) is 37.4 Å². The van der Waals surface area contributed by atoms with Gasteiger partial charge in [-0.3, -0.25) is 18.6 Å². The molecule has 1 rings (SSSR count). The third kappa shape index (κ3) is 31.9. The van der Waals surface area contributed by atoms with Gasteiger partial charge in [0, 0.05) is 12.8 Å². The number of hydrogen-bond donors (Lipinski definition) is 1. The highest BCUT2D eigenvalue weighted by atomic mass is 31.2. The number of nitrogens with zero attached hydrogens (tertiary/aromatic N) is 1. The summed E-state index contributed by atoms with van der Waals surface area (Å²) < 4.78 is 39.8. The van der Waals surface area contributed by atoms with Crippen molar-refractivity contribution in [1.82, 2.24) is 0 Å². The van der Waals surface area contributed by atoms with Crippen LogP contribution in [0.1, 0.15) is 142 Å². The number of hydrogen-bond acceptors (Lipinski definition) is 8. The van der Waals surface area contributed by atoms with Crippen LogP contribution in [0.25, 0.3) is 0 Å². The number of carbonyl (C=O) groups is 2. The minimum absolute atomic E-state index is 0.0181. The predicted octanol–water partition coefficient (Wildman–Crippen LogP) is 10.1. The van der Waals surface area contributed by atoms with E-state index in [1.165, 1.54) is 51.4 Å². The van der Waals surface area contributed by atoms with Crippen LogP contribution in [0.3, 0.4) is 0 Å². The molecule has 0 aromatic carbocycles. The van der Waals surface area contributed by atoms with Crippen LogP contribution in [0, 0.1) is 0 Å². The minimum atomic E-state index is -4.39. The fourth-order valence-electron chi connectivity index (χ4n) is 5.44. The van der Waals surface area contributed by atoms with E-state index < -0.39 is 26.5 Å². The second kappa shape index (κ2) is 31.2. The van der Waals surface area contributed by atoms with Crippen molar-refractivity contribution in [3.05, 3.63) is 48.6 Å². The lowest BCUT2D eigenvalue weighted by molar-refractivity contribution is -0.870. The number of rotatable bonds is 35. The molecule has 1 fully saturated rings. The normalized spacial score (nSPS) is 18.0. The molecule has 0 saturated carbocycles. The quantitative estimate of drug-likeness (QED) is 0.0168. The topological polar surface area (TPSA) is 121 Å². The van der Waals surface area contributed by atoms with Crippen molar-refractivity contribution in [3.63, 3.8) is 0 Å². The first-order valence-electron chi connectivity index (χ1n) is 20.5. The zero-order chi connectivity index (χ0) is 39.0. The lowest BCUT2D eigenvalue weighted by Crippen LogP contribution is -2.37. The Balaban J connectivity index is 2.35. The first-order valence-corrected chi connectivity index (χ1v) is 22.0. The molecule has 0 radical (unpaired) electrons. The molecule has 306 valence electrons. The summed E-state index contributed by atoms with van der Waals surface area (Å²) in [7, 11) is 1.43. The van der Waals surface area contributed by atoms with Gasteiger partial charge in [-0.1, -0.05) is 127 Å². The molecule has 53 heavy (non-hydrogen) atoms. The molecule has 4 unspecified atom stereocenters. The maximum atomic E-state index is 12.6. The summed E-state index contributed by atoms with van der Waals surface area (Å²) in [6, 6.07) is 0. The van der Waals surface area contributed by atoms with Gasteiger partial charge in [0.1, 0.15) is 19.8 Å². The summed E-state index contributed by atoms with van der Waals surface area (Å²) in [6.45, 7) is 4.20. The maximum absolute atomic E-state index is 12.6. The Morgan fingerprint density at radius 3 is 1.85 bits per heavy atom. The molecular weight excluding hydrogens is 693 g/mol. The molecule has 0 spiro atoms. The number of unbranched alkanes of at least 4 members (excludes halogenated alkanes) is 11. The molecule has 1 aliphatic heterocycles. The molecule has 0 aromatic rings. The molecule has 0 aromatic heterocycles. The van der Waals surface area contributed by atoms with Gasteiger partial charge in [-0.25, -0.2) is 4.57 Å². The fraction of sp³-hybridized carbons (Fsp3) is 0.762. The number of allylic oxidation sites excluding steroid dienone is 6. The third-order valence-electron chi connectivity index (χ3n) is 8.78.